The number of likely N-dealkylation sites (N-methyl/N-ethyl adjacent to an activating group) is 1. The van der Waals surface area contributed by atoms with Crippen LogP contribution in [0.15, 0.2) is 48.5 Å². The highest BCUT2D eigenvalue weighted by Crippen LogP contribution is 2.28. The number of carbonyl (C=O) groups excluding carboxylic acids is 1. The second kappa shape index (κ2) is 9.14. The third kappa shape index (κ3) is 5.54. The first-order chi connectivity index (χ1) is 12.0. The average molecular weight is 360 g/mol. The predicted octanol–water partition coefficient (Wildman–Crippen LogP) is 4.42. The topological polar surface area (TPSA) is 38.8 Å². The van der Waals surface area contributed by atoms with Crippen LogP contribution in [0, 0.1) is 0 Å². The van der Waals surface area contributed by atoms with Gasteiger partial charge in [-0.25, -0.2) is 0 Å². The molecule has 25 heavy (non-hydrogen) atoms. The first-order valence-corrected chi connectivity index (χ1v) is 8.39. The molecule has 4 nitrogen and oxygen atoms in total. The van der Waals surface area contributed by atoms with Crippen molar-refractivity contribution in [2.75, 3.05) is 20.8 Å². The summed E-state index contributed by atoms with van der Waals surface area (Å²) in [6.45, 7) is 2.98. The Bertz CT molecular complexity index is 741. The Morgan fingerprint density at radius 2 is 1.88 bits per heavy atom. The van der Waals surface area contributed by atoms with E-state index in [0.29, 0.717) is 29.7 Å². The SMILES string of the molecule is CCOc1cc(/C=C/C(=O)N(C)Cc2ccc(Cl)cc2)ccc1OC. The summed E-state index contributed by atoms with van der Waals surface area (Å²) in [5, 5.41) is 0.683. The molecule has 0 unspecified atom stereocenters. The van der Waals surface area contributed by atoms with Crippen LogP contribution >= 0.6 is 11.6 Å². The Kier molecular flexibility index (Phi) is 6.90. The molecule has 0 aromatic heterocycles. The van der Waals surface area contributed by atoms with Gasteiger partial charge in [-0.15, -0.1) is 0 Å². The third-order valence-electron chi connectivity index (χ3n) is 3.62. The monoisotopic (exact) mass is 359 g/mol. The summed E-state index contributed by atoms with van der Waals surface area (Å²) < 4.78 is 10.8. The van der Waals surface area contributed by atoms with Gasteiger partial charge < -0.3 is 14.4 Å². The molecule has 1 amide bonds. The van der Waals surface area contributed by atoms with Crippen LogP contribution in [-0.4, -0.2) is 31.6 Å². The van der Waals surface area contributed by atoms with Crippen molar-refractivity contribution in [1.82, 2.24) is 4.90 Å². The van der Waals surface area contributed by atoms with Crippen LogP contribution in [0.25, 0.3) is 6.08 Å². The Morgan fingerprint density at radius 1 is 1.16 bits per heavy atom. The highest BCUT2D eigenvalue weighted by Gasteiger charge is 2.07. The molecule has 0 aliphatic carbocycles. The second-order valence-corrected chi connectivity index (χ2v) is 5.93. The average Bonchev–Trinajstić information content (AvgIpc) is 2.62. The van der Waals surface area contributed by atoms with Gasteiger partial charge in [-0.05, 0) is 48.4 Å². The molecule has 0 aliphatic rings. The zero-order valence-electron chi connectivity index (χ0n) is 14.7. The lowest BCUT2D eigenvalue weighted by Gasteiger charge is -2.15. The number of rotatable bonds is 7. The summed E-state index contributed by atoms with van der Waals surface area (Å²) in [5.41, 5.74) is 1.90. The van der Waals surface area contributed by atoms with Gasteiger partial charge in [0.25, 0.3) is 0 Å². The van der Waals surface area contributed by atoms with Crippen molar-refractivity contribution >= 4 is 23.6 Å². The fraction of sp³-hybridized carbons (Fsp3) is 0.250. The van der Waals surface area contributed by atoms with E-state index in [-0.39, 0.29) is 5.91 Å². The van der Waals surface area contributed by atoms with Gasteiger partial charge in [-0.3, -0.25) is 4.79 Å². The van der Waals surface area contributed by atoms with E-state index in [0.717, 1.165) is 11.1 Å². The zero-order valence-corrected chi connectivity index (χ0v) is 15.4. The van der Waals surface area contributed by atoms with Crippen molar-refractivity contribution in [2.24, 2.45) is 0 Å². The molecule has 132 valence electrons. The third-order valence-corrected chi connectivity index (χ3v) is 3.87. The molecular weight excluding hydrogens is 338 g/mol. The van der Waals surface area contributed by atoms with E-state index in [1.807, 2.05) is 49.4 Å². The van der Waals surface area contributed by atoms with E-state index in [1.54, 1.807) is 31.2 Å². The molecule has 0 fully saturated rings. The number of methoxy groups -OCH3 is 1. The summed E-state index contributed by atoms with van der Waals surface area (Å²) in [4.78, 5) is 13.9. The number of hydrogen-bond acceptors (Lipinski definition) is 3. The van der Waals surface area contributed by atoms with Crippen LogP contribution in [-0.2, 0) is 11.3 Å². The van der Waals surface area contributed by atoms with Crippen molar-refractivity contribution in [1.29, 1.82) is 0 Å². The first kappa shape index (κ1) is 18.9. The highest BCUT2D eigenvalue weighted by molar-refractivity contribution is 6.30. The zero-order chi connectivity index (χ0) is 18.2. The van der Waals surface area contributed by atoms with Gasteiger partial charge in [0.05, 0.1) is 13.7 Å². The molecule has 2 aromatic rings. The molecule has 0 heterocycles. The lowest BCUT2D eigenvalue weighted by atomic mass is 10.1. The maximum absolute atomic E-state index is 12.3. The minimum absolute atomic E-state index is 0.0799. The number of hydrogen-bond donors (Lipinski definition) is 0. The van der Waals surface area contributed by atoms with Gasteiger partial charge in [0.15, 0.2) is 11.5 Å². The smallest absolute Gasteiger partial charge is 0.246 e. The van der Waals surface area contributed by atoms with E-state index in [2.05, 4.69) is 0 Å². The lowest BCUT2D eigenvalue weighted by molar-refractivity contribution is -0.125. The normalized spacial score (nSPS) is 10.7. The molecule has 0 saturated heterocycles. The molecule has 0 saturated carbocycles. The van der Waals surface area contributed by atoms with Crippen molar-refractivity contribution < 1.29 is 14.3 Å². The van der Waals surface area contributed by atoms with Crippen LogP contribution in [0.3, 0.4) is 0 Å². The van der Waals surface area contributed by atoms with Crippen LogP contribution in [0.2, 0.25) is 5.02 Å². The highest BCUT2D eigenvalue weighted by atomic mass is 35.5. The van der Waals surface area contributed by atoms with Crippen LogP contribution < -0.4 is 9.47 Å². The molecule has 2 aromatic carbocycles. The van der Waals surface area contributed by atoms with E-state index in [4.69, 9.17) is 21.1 Å². The largest absolute Gasteiger partial charge is 0.493 e. The van der Waals surface area contributed by atoms with Crippen LogP contribution in [0.1, 0.15) is 18.1 Å². The molecule has 5 heteroatoms. The number of carbonyl (C=O) groups is 1. The second-order valence-electron chi connectivity index (χ2n) is 5.50. The Balaban J connectivity index is 2.03. The van der Waals surface area contributed by atoms with Crippen molar-refractivity contribution in [2.45, 2.75) is 13.5 Å². The Hall–Kier alpha value is -2.46. The maximum Gasteiger partial charge on any atom is 0.246 e. The minimum Gasteiger partial charge on any atom is -0.493 e. The fourth-order valence-corrected chi connectivity index (χ4v) is 2.43. The summed E-state index contributed by atoms with van der Waals surface area (Å²) >= 11 is 5.87. The minimum atomic E-state index is -0.0799. The van der Waals surface area contributed by atoms with Crippen molar-refractivity contribution in [3.8, 4) is 11.5 Å². The van der Waals surface area contributed by atoms with Gasteiger partial charge in [-0.2, -0.15) is 0 Å². The summed E-state index contributed by atoms with van der Waals surface area (Å²) in [5.74, 6) is 1.25. The van der Waals surface area contributed by atoms with Gasteiger partial charge in [0.2, 0.25) is 5.91 Å². The van der Waals surface area contributed by atoms with Crippen LogP contribution in [0.4, 0.5) is 0 Å². The van der Waals surface area contributed by atoms with Crippen LogP contribution in [0.5, 0.6) is 11.5 Å². The molecule has 0 atom stereocenters. The Morgan fingerprint density at radius 3 is 2.52 bits per heavy atom. The summed E-state index contributed by atoms with van der Waals surface area (Å²) in [7, 11) is 3.36. The Labute approximate surface area is 153 Å². The molecule has 0 bridgehead atoms. The molecule has 2 rings (SSSR count). The summed E-state index contributed by atoms with van der Waals surface area (Å²) in [6.07, 6.45) is 3.32. The van der Waals surface area contributed by atoms with Crippen molar-refractivity contribution in [3.63, 3.8) is 0 Å². The number of halogens is 1. The van der Waals surface area contributed by atoms with Gasteiger partial charge in [0.1, 0.15) is 0 Å². The van der Waals surface area contributed by atoms with E-state index < -0.39 is 0 Å². The van der Waals surface area contributed by atoms with E-state index in [1.165, 1.54) is 0 Å². The number of amides is 1. The molecule has 0 N–H and O–H groups in total. The maximum atomic E-state index is 12.3. The lowest BCUT2D eigenvalue weighted by Crippen LogP contribution is -2.24. The predicted molar refractivity (Wildman–Crippen MR) is 101 cm³/mol. The van der Waals surface area contributed by atoms with E-state index >= 15 is 0 Å². The standard InChI is InChI=1S/C20H22ClNO3/c1-4-25-19-13-15(7-11-18(19)24-3)8-12-20(23)22(2)14-16-5-9-17(21)10-6-16/h5-13H,4,14H2,1-3H3/b12-8+. The van der Waals surface area contributed by atoms with Gasteiger partial charge >= 0.3 is 0 Å². The number of ether oxygens (including phenoxy) is 2. The van der Waals surface area contributed by atoms with E-state index in [9.17, 15) is 4.79 Å². The molecule has 0 radical (unpaired) electrons. The van der Waals surface area contributed by atoms with Crippen molar-refractivity contribution in [3.05, 3.63) is 64.7 Å². The fourth-order valence-electron chi connectivity index (χ4n) is 2.30. The molecule has 0 spiro atoms. The number of nitrogens with zero attached hydrogens (tertiary/aromatic N) is 1. The molecule has 0 aliphatic heterocycles. The van der Waals surface area contributed by atoms with Gasteiger partial charge in [-0.1, -0.05) is 29.8 Å². The number of benzene rings is 2. The molecular formula is C20H22ClNO3. The van der Waals surface area contributed by atoms with Gasteiger partial charge in [0, 0.05) is 24.7 Å². The quantitative estimate of drug-likeness (QED) is 0.687. The first-order valence-electron chi connectivity index (χ1n) is 8.02. The summed E-state index contributed by atoms with van der Waals surface area (Å²) in [6, 6.07) is 13.0.